The van der Waals surface area contributed by atoms with Gasteiger partial charge in [0.1, 0.15) is 6.10 Å². The third-order valence-electron chi connectivity index (χ3n) is 5.01. The zero-order valence-corrected chi connectivity index (χ0v) is 16.2. The van der Waals surface area contributed by atoms with Gasteiger partial charge in [-0.05, 0) is 50.3 Å². The van der Waals surface area contributed by atoms with Crippen molar-refractivity contribution in [2.24, 2.45) is 17.8 Å². The maximum Gasteiger partial charge on any atom is 0.311 e. The van der Waals surface area contributed by atoms with Crippen molar-refractivity contribution in [3.63, 3.8) is 0 Å². The number of carbonyl (C=O) groups excluding carboxylic acids is 2. The lowest BCUT2D eigenvalue weighted by Crippen LogP contribution is -2.34. The number of rotatable bonds is 1. The maximum atomic E-state index is 12.4. The number of carbonyl (C=O) groups is 2. The van der Waals surface area contributed by atoms with Gasteiger partial charge in [-0.25, -0.2) is 0 Å². The smallest absolute Gasteiger partial charge is 0.311 e. The van der Waals surface area contributed by atoms with Crippen molar-refractivity contribution in [1.29, 1.82) is 0 Å². The lowest BCUT2D eigenvalue weighted by atomic mass is 9.89. The van der Waals surface area contributed by atoms with Crippen LogP contribution in [0.5, 0.6) is 0 Å². The van der Waals surface area contributed by atoms with E-state index in [1.807, 2.05) is 33.8 Å². The minimum absolute atomic E-state index is 0.0737. The van der Waals surface area contributed by atoms with Crippen molar-refractivity contribution < 1.29 is 24.5 Å². The SMILES string of the molecule is CC[C@H]1OC(=O)[C@H](C)[C@@H](O)/C(C)=C\C(=O)C[C@@H](C)C(O)/C(C)=C\[C@H]1C. The highest BCUT2D eigenvalue weighted by atomic mass is 16.5. The average molecular weight is 352 g/mol. The van der Waals surface area contributed by atoms with Crippen LogP contribution in [0.3, 0.4) is 0 Å². The third-order valence-corrected chi connectivity index (χ3v) is 5.01. The first kappa shape index (κ1) is 21.6. The molecule has 1 rings (SSSR count). The highest BCUT2D eigenvalue weighted by Gasteiger charge is 2.29. The first-order chi connectivity index (χ1) is 11.6. The number of esters is 1. The van der Waals surface area contributed by atoms with Gasteiger partial charge < -0.3 is 14.9 Å². The number of cyclic esters (lactones) is 1. The Labute approximate surface area is 150 Å². The highest BCUT2D eigenvalue weighted by Crippen LogP contribution is 2.24. The van der Waals surface area contributed by atoms with Crippen LogP contribution in [0.2, 0.25) is 0 Å². The zero-order valence-electron chi connectivity index (χ0n) is 16.2. The predicted molar refractivity (Wildman–Crippen MR) is 96.8 cm³/mol. The van der Waals surface area contributed by atoms with Gasteiger partial charge >= 0.3 is 5.97 Å². The fraction of sp³-hybridized carbons (Fsp3) is 0.700. The molecule has 6 atom stereocenters. The first-order valence-electron chi connectivity index (χ1n) is 9.04. The molecular weight excluding hydrogens is 320 g/mol. The van der Waals surface area contributed by atoms with Gasteiger partial charge in [-0.1, -0.05) is 26.8 Å². The molecule has 0 saturated carbocycles. The van der Waals surface area contributed by atoms with E-state index in [1.54, 1.807) is 13.8 Å². The molecule has 5 heteroatoms. The second-order valence-electron chi connectivity index (χ2n) is 7.37. The third kappa shape index (κ3) is 5.79. The summed E-state index contributed by atoms with van der Waals surface area (Å²) in [6, 6.07) is 0. The van der Waals surface area contributed by atoms with E-state index in [4.69, 9.17) is 4.74 Å². The van der Waals surface area contributed by atoms with Gasteiger partial charge in [-0.3, -0.25) is 9.59 Å². The van der Waals surface area contributed by atoms with E-state index in [0.717, 1.165) is 5.57 Å². The number of allylic oxidation sites excluding steroid dienone is 1. The van der Waals surface area contributed by atoms with Crippen LogP contribution in [0, 0.1) is 17.8 Å². The molecule has 2 N–H and O–H groups in total. The van der Waals surface area contributed by atoms with Gasteiger partial charge in [0.2, 0.25) is 0 Å². The number of aliphatic hydroxyl groups excluding tert-OH is 2. The van der Waals surface area contributed by atoms with E-state index >= 15 is 0 Å². The summed E-state index contributed by atoms with van der Waals surface area (Å²) in [5, 5.41) is 20.8. The molecular formula is C20H32O5. The molecule has 1 aliphatic rings. The van der Waals surface area contributed by atoms with Gasteiger partial charge in [0.15, 0.2) is 5.78 Å². The summed E-state index contributed by atoms with van der Waals surface area (Å²) in [5.41, 5.74) is 1.20. The van der Waals surface area contributed by atoms with Crippen LogP contribution in [0.4, 0.5) is 0 Å². The Morgan fingerprint density at radius 3 is 2.24 bits per heavy atom. The monoisotopic (exact) mass is 352 g/mol. The molecule has 0 radical (unpaired) electrons. The number of ether oxygens (including phenoxy) is 1. The summed E-state index contributed by atoms with van der Waals surface area (Å²) in [5.74, 6) is -1.71. The quantitative estimate of drug-likeness (QED) is 0.560. The number of aliphatic hydroxyl groups is 2. The second-order valence-corrected chi connectivity index (χ2v) is 7.37. The molecule has 0 aromatic rings. The first-order valence-corrected chi connectivity index (χ1v) is 9.04. The Morgan fingerprint density at radius 1 is 1.08 bits per heavy atom. The fourth-order valence-electron chi connectivity index (χ4n) is 3.24. The summed E-state index contributed by atoms with van der Waals surface area (Å²) in [4.78, 5) is 24.6. The van der Waals surface area contributed by atoms with Crippen molar-refractivity contribution in [2.45, 2.75) is 72.7 Å². The standard InChI is InChI=1S/C20H32O5/c1-7-17-11(2)8-12(3)18(22)13(4)9-16(21)10-14(5)19(23)15(6)20(24)25-17/h8,10-11,13,15,17-19,22-23H,7,9H2,1-6H3/b12-8-,14-10-/t11-,13-,15-,17-,18?,19+/m1/s1. The van der Waals surface area contributed by atoms with Crippen molar-refractivity contribution in [2.75, 3.05) is 0 Å². The van der Waals surface area contributed by atoms with Crippen LogP contribution in [-0.2, 0) is 14.3 Å². The Balaban J connectivity index is 3.23. The lowest BCUT2D eigenvalue weighted by molar-refractivity contribution is -0.158. The average Bonchev–Trinajstić information content (AvgIpc) is 2.55. The molecule has 25 heavy (non-hydrogen) atoms. The summed E-state index contributed by atoms with van der Waals surface area (Å²) in [7, 11) is 0. The zero-order chi connectivity index (χ0) is 19.3. The Kier molecular flexibility index (Phi) is 8.03. The molecule has 0 bridgehead atoms. The Morgan fingerprint density at radius 2 is 1.68 bits per heavy atom. The summed E-state index contributed by atoms with van der Waals surface area (Å²) < 4.78 is 5.59. The summed E-state index contributed by atoms with van der Waals surface area (Å²) in [6.07, 6.45) is 1.96. The van der Waals surface area contributed by atoms with Gasteiger partial charge in [0, 0.05) is 12.3 Å². The van der Waals surface area contributed by atoms with E-state index in [0.29, 0.717) is 12.0 Å². The fourth-order valence-corrected chi connectivity index (χ4v) is 3.24. The van der Waals surface area contributed by atoms with Crippen LogP contribution >= 0.6 is 0 Å². The number of ketones is 1. The van der Waals surface area contributed by atoms with Gasteiger partial charge in [-0.15, -0.1) is 0 Å². The molecule has 0 aliphatic carbocycles. The van der Waals surface area contributed by atoms with Crippen LogP contribution in [0.15, 0.2) is 23.3 Å². The number of hydrogen-bond acceptors (Lipinski definition) is 5. The van der Waals surface area contributed by atoms with E-state index in [9.17, 15) is 19.8 Å². The molecule has 0 spiro atoms. The number of hydrogen-bond donors (Lipinski definition) is 2. The van der Waals surface area contributed by atoms with Crippen LogP contribution in [0.1, 0.15) is 54.4 Å². The van der Waals surface area contributed by atoms with Crippen molar-refractivity contribution in [1.82, 2.24) is 0 Å². The van der Waals surface area contributed by atoms with Gasteiger partial charge in [0.25, 0.3) is 0 Å². The topological polar surface area (TPSA) is 83.8 Å². The van der Waals surface area contributed by atoms with E-state index in [1.165, 1.54) is 6.08 Å². The van der Waals surface area contributed by atoms with Crippen molar-refractivity contribution in [3.8, 4) is 0 Å². The Bertz CT molecular complexity index is 548. The molecule has 1 heterocycles. The molecule has 1 aliphatic heterocycles. The summed E-state index contributed by atoms with van der Waals surface area (Å²) in [6.45, 7) is 10.8. The van der Waals surface area contributed by atoms with E-state index in [-0.39, 0.29) is 30.1 Å². The largest absolute Gasteiger partial charge is 0.461 e. The minimum Gasteiger partial charge on any atom is -0.461 e. The van der Waals surface area contributed by atoms with Crippen LogP contribution < -0.4 is 0 Å². The maximum absolute atomic E-state index is 12.4. The highest BCUT2D eigenvalue weighted by molar-refractivity contribution is 5.90. The molecule has 142 valence electrons. The molecule has 1 unspecified atom stereocenters. The summed E-state index contributed by atoms with van der Waals surface area (Å²) >= 11 is 0. The lowest BCUT2D eigenvalue weighted by Gasteiger charge is -2.27. The van der Waals surface area contributed by atoms with E-state index < -0.39 is 24.1 Å². The van der Waals surface area contributed by atoms with E-state index in [2.05, 4.69) is 0 Å². The van der Waals surface area contributed by atoms with Crippen LogP contribution in [-0.4, -0.2) is 40.3 Å². The van der Waals surface area contributed by atoms with Crippen molar-refractivity contribution in [3.05, 3.63) is 23.3 Å². The van der Waals surface area contributed by atoms with Gasteiger partial charge in [0.05, 0.1) is 18.1 Å². The molecule has 0 saturated heterocycles. The minimum atomic E-state index is -1.07. The second kappa shape index (κ2) is 9.30. The van der Waals surface area contributed by atoms with Crippen molar-refractivity contribution >= 4 is 11.8 Å². The van der Waals surface area contributed by atoms with Crippen LogP contribution in [0.25, 0.3) is 0 Å². The molecule has 5 nitrogen and oxygen atoms in total. The normalized spacial score (nSPS) is 40.3. The van der Waals surface area contributed by atoms with Gasteiger partial charge in [-0.2, -0.15) is 0 Å². The molecule has 0 fully saturated rings. The molecule has 0 aromatic heterocycles. The Hall–Kier alpha value is -1.46. The molecule has 0 aromatic carbocycles. The predicted octanol–water partition coefficient (Wildman–Crippen LogP) is 2.80. The molecule has 0 amide bonds.